The van der Waals surface area contributed by atoms with Crippen LogP contribution in [0.25, 0.3) is 5.52 Å². The quantitative estimate of drug-likeness (QED) is 0.544. The van der Waals surface area contributed by atoms with E-state index in [4.69, 9.17) is 5.26 Å². The lowest BCUT2D eigenvalue weighted by Crippen LogP contribution is -2.17. The molecule has 4 aromatic rings. The van der Waals surface area contributed by atoms with E-state index in [9.17, 15) is 14.0 Å². The van der Waals surface area contributed by atoms with Gasteiger partial charge in [0.25, 0.3) is 11.8 Å². The van der Waals surface area contributed by atoms with Crippen molar-refractivity contribution < 1.29 is 14.0 Å². The van der Waals surface area contributed by atoms with E-state index in [1.54, 1.807) is 54.7 Å². The summed E-state index contributed by atoms with van der Waals surface area (Å²) in [5.74, 6) is -1.81. The number of rotatable bonds is 4. The second-order valence-corrected chi connectivity index (χ2v) is 6.32. The third-order valence-corrected chi connectivity index (χ3v) is 4.36. The summed E-state index contributed by atoms with van der Waals surface area (Å²) in [6.07, 6.45) is 1.59. The monoisotopic (exact) mass is 399 g/mol. The Balaban J connectivity index is 1.66. The Bertz CT molecular complexity index is 1310. The van der Waals surface area contributed by atoms with E-state index >= 15 is 0 Å². The first-order valence-electron chi connectivity index (χ1n) is 8.91. The number of hydrogen-bond acceptors (Lipinski definition) is 4. The fourth-order valence-corrected chi connectivity index (χ4v) is 2.92. The zero-order chi connectivity index (χ0) is 21.1. The first kappa shape index (κ1) is 18.8. The highest BCUT2D eigenvalue weighted by atomic mass is 19.1. The highest BCUT2D eigenvalue weighted by Gasteiger charge is 2.22. The maximum atomic E-state index is 13.9. The van der Waals surface area contributed by atoms with Crippen LogP contribution in [-0.2, 0) is 0 Å². The second-order valence-electron chi connectivity index (χ2n) is 6.32. The number of aromatic nitrogens is 2. The smallest absolute Gasteiger partial charge is 0.292 e. The lowest BCUT2D eigenvalue weighted by molar-refractivity contribution is 0.101. The summed E-state index contributed by atoms with van der Waals surface area (Å²) in [5.41, 5.74) is 1.42. The van der Waals surface area contributed by atoms with E-state index in [0.29, 0.717) is 16.8 Å². The fourth-order valence-electron chi connectivity index (χ4n) is 2.92. The molecule has 7 nitrogen and oxygen atoms in total. The predicted octanol–water partition coefficient (Wildman–Crippen LogP) is 3.85. The highest BCUT2D eigenvalue weighted by Crippen LogP contribution is 2.18. The number of amides is 2. The molecular weight excluding hydrogens is 385 g/mol. The zero-order valence-electron chi connectivity index (χ0n) is 15.5. The molecule has 146 valence electrons. The van der Waals surface area contributed by atoms with Gasteiger partial charge in [-0.1, -0.05) is 18.2 Å². The molecule has 0 radical (unpaired) electrons. The molecule has 4 rings (SSSR count). The minimum Gasteiger partial charge on any atom is -0.321 e. The molecule has 0 aliphatic heterocycles. The summed E-state index contributed by atoms with van der Waals surface area (Å²) in [6, 6.07) is 19.2. The van der Waals surface area contributed by atoms with Crippen molar-refractivity contribution >= 4 is 28.7 Å². The Morgan fingerprint density at radius 2 is 1.67 bits per heavy atom. The van der Waals surface area contributed by atoms with Crippen molar-refractivity contribution in [3.05, 3.63) is 95.8 Å². The van der Waals surface area contributed by atoms with E-state index in [1.807, 2.05) is 6.07 Å². The first-order chi connectivity index (χ1) is 14.6. The highest BCUT2D eigenvalue weighted by molar-refractivity contribution is 6.10. The van der Waals surface area contributed by atoms with Crippen LogP contribution >= 0.6 is 0 Å². The summed E-state index contributed by atoms with van der Waals surface area (Å²) < 4.78 is 15.3. The largest absolute Gasteiger partial charge is 0.321 e. The van der Waals surface area contributed by atoms with Crippen molar-refractivity contribution in [1.29, 1.82) is 5.26 Å². The first-order valence-corrected chi connectivity index (χ1v) is 8.91. The van der Waals surface area contributed by atoms with Crippen LogP contribution < -0.4 is 10.6 Å². The molecule has 0 saturated heterocycles. The third-order valence-electron chi connectivity index (χ3n) is 4.36. The molecule has 0 atom stereocenters. The van der Waals surface area contributed by atoms with Gasteiger partial charge in [-0.3, -0.25) is 14.0 Å². The molecule has 0 saturated carbocycles. The van der Waals surface area contributed by atoms with Gasteiger partial charge >= 0.3 is 0 Å². The zero-order valence-corrected chi connectivity index (χ0v) is 15.5. The van der Waals surface area contributed by atoms with Gasteiger partial charge in [0.1, 0.15) is 5.82 Å². The van der Waals surface area contributed by atoms with Crippen LogP contribution in [0.2, 0.25) is 0 Å². The molecule has 8 heteroatoms. The van der Waals surface area contributed by atoms with Crippen LogP contribution in [0, 0.1) is 17.1 Å². The van der Waals surface area contributed by atoms with Gasteiger partial charge in [-0.25, -0.2) is 9.37 Å². The molecule has 0 aliphatic carbocycles. The molecular formula is C22H14FN5O2. The van der Waals surface area contributed by atoms with Crippen LogP contribution in [0.5, 0.6) is 0 Å². The maximum Gasteiger partial charge on any atom is 0.292 e. The topological polar surface area (TPSA) is 99.3 Å². The maximum absolute atomic E-state index is 13.9. The van der Waals surface area contributed by atoms with Crippen LogP contribution in [0.4, 0.5) is 15.8 Å². The lowest BCUT2D eigenvalue weighted by atomic mass is 10.2. The number of halogens is 1. The Morgan fingerprint density at radius 3 is 2.40 bits per heavy atom. The number of para-hydroxylation sites is 1. The minimum atomic E-state index is -0.654. The van der Waals surface area contributed by atoms with Gasteiger partial charge in [-0.2, -0.15) is 5.26 Å². The Labute approximate surface area is 170 Å². The van der Waals surface area contributed by atoms with Crippen molar-refractivity contribution in [2.24, 2.45) is 0 Å². The number of hydrogen-bond donors (Lipinski definition) is 2. The number of pyridine rings is 1. The Kier molecular flexibility index (Phi) is 4.93. The van der Waals surface area contributed by atoms with Crippen molar-refractivity contribution in [3.8, 4) is 6.07 Å². The van der Waals surface area contributed by atoms with Gasteiger partial charge in [0, 0.05) is 11.9 Å². The van der Waals surface area contributed by atoms with Crippen molar-refractivity contribution in [3.63, 3.8) is 0 Å². The van der Waals surface area contributed by atoms with Gasteiger partial charge < -0.3 is 10.6 Å². The summed E-state index contributed by atoms with van der Waals surface area (Å²) in [5, 5.41) is 14.0. The Morgan fingerprint density at radius 1 is 0.933 bits per heavy atom. The molecule has 0 fully saturated rings. The van der Waals surface area contributed by atoms with E-state index in [2.05, 4.69) is 15.6 Å². The molecule has 0 aliphatic rings. The van der Waals surface area contributed by atoms with Gasteiger partial charge in [-0.05, 0) is 48.5 Å². The number of benzene rings is 2. The molecule has 30 heavy (non-hydrogen) atoms. The van der Waals surface area contributed by atoms with Crippen LogP contribution in [0.3, 0.4) is 0 Å². The second kappa shape index (κ2) is 7.85. The van der Waals surface area contributed by atoms with Crippen molar-refractivity contribution in [2.75, 3.05) is 10.6 Å². The molecule has 2 aromatic heterocycles. The number of fused-ring (bicyclic) bond motifs is 1. The summed E-state index contributed by atoms with van der Waals surface area (Å²) in [7, 11) is 0. The van der Waals surface area contributed by atoms with E-state index in [0.717, 1.165) is 0 Å². The third kappa shape index (κ3) is 3.59. The molecule has 2 N–H and O–H groups in total. The fraction of sp³-hybridized carbons (Fsp3) is 0. The molecule has 0 spiro atoms. The summed E-state index contributed by atoms with van der Waals surface area (Å²) >= 11 is 0. The molecule has 0 bridgehead atoms. The molecule has 2 aromatic carbocycles. The number of carbonyl (C=O) groups excluding carboxylic acids is 2. The number of imidazole rings is 1. The predicted molar refractivity (Wildman–Crippen MR) is 109 cm³/mol. The van der Waals surface area contributed by atoms with E-state index < -0.39 is 17.6 Å². The van der Waals surface area contributed by atoms with Crippen molar-refractivity contribution in [2.45, 2.75) is 0 Å². The molecule has 2 heterocycles. The molecule has 2 amide bonds. The van der Waals surface area contributed by atoms with Crippen LogP contribution in [0.15, 0.2) is 72.9 Å². The average molecular weight is 399 g/mol. The van der Waals surface area contributed by atoms with Gasteiger partial charge in [0.15, 0.2) is 5.69 Å². The Hall–Kier alpha value is -4.51. The molecule has 0 unspecified atom stereocenters. The number of nitrogens with zero attached hydrogens (tertiary/aromatic N) is 3. The SMILES string of the molecule is N#Cc1ccc(NC(=O)c2nc(C(=O)Nc3ccccc3F)n3ccccc23)cc1. The lowest BCUT2D eigenvalue weighted by Gasteiger charge is -2.05. The number of carbonyl (C=O) groups is 2. The standard InChI is InChI=1S/C22H14FN5O2/c23-16-5-1-2-6-17(16)26-22(30)20-27-19(18-7-3-4-12-28(18)20)21(29)25-15-10-8-14(13-24)9-11-15/h1-12H,(H,25,29)(H,26,30). The number of nitrogens with one attached hydrogen (secondary N) is 2. The van der Waals surface area contributed by atoms with Gasteiger partial charge in [0.05, 0.1) is 22.8 Å². The van der Waals surface area contributed by atoms with Crippen LogP contribution in [-0.4, -0.2) is 21.2 Å². The van der Waals surface area contributed by atoms with E-state index in [-0.39, 0.29) is 17.2 Å². The number of anilines is 2. The van der Waals surface area contributed by atoms with Crippen molar-refractivity contribution in [1.82, 2.24) is 9.38 Å². The van der Waals surface area contributed by atoms with Crippen LogP contribution in [0.1, 0.15) is 26.7 Å². The van der Waals surface area contributed by atoms with Gasteiger partial charge in [-0.15, -0.1) is 0 Å². The number of nitriles is 1. The normalized spacial score (nSPS) is 10.4. The van der Waals surface area contributed by atoms with Gasteiger partial charge in [0.2, 0.25) is 5.82 Å². The summed E-state index contributed by atoms with van der Waals surface area (Å²) in [6.45, 7) is 0. The minimum absolute atomic E-state index is 0.0127. The average Bonchev–Trinajstić information content (AvgIpc) is 3.16. The van der Waals surface area contributed by atoms with E-state index in [1.165, 1.54) is 22.6 Å². The summed E-state index contributed by atoms with van der Waals surface area (Å²) in [4.78, 5) is 29.7.